The Kier molecular flexibility index (Phi) is 3.38. The molecule has 0 radical (unpaired) electrons. The molecule has 100 valence electrons. The Balaban J connectivity index is 0.000000151. The van der Waals surface area contributed by atoms with Crippen LogP contribution in [0.15, 0.2) is 36.5 Å². The van der Waals surface area contributed by atoms with Crippen LogP contribution in [0.1, 0.15) is 18.4 Å². The van der Waals surface area contributed by atoms with Gasteiger partial charge in [-0.15, -0.1) is 0 Å². The van der Waals surface area contributed by atoms with E-state index in [0.29, 0.717) is 11.7 Å². The van der Waals surface area contributed by atoms with Crippen LogP contribution in [-0.2, 0) is 4.74 Å². The Morgan fingerprint density at radius 1 is 1.32 bits per heavy atom. The van der Waals surface area contributed by atoms with E-state index in [4.69, 9.17) is 4.74 Å². The van der Waals surface area contributed by atoms with Gasteiger partial charge in [0.2, 0.25) is 0 Å². The van der Waals surface area contributed by atoms with Gasteiger partial charge < -0.3 is 9.72 Å². The monoisotopic (exact) mass is 259 g/mol. The molecular weight excluding hydrogens is 241 g/mol. The number of rotatable bonds is 1. The number of nitrogens with one attached hydrogen (secondary N) is 1. The van der Waals surface area contributed by atoms with Crippen molar-refractivity contribution in [1.82, 2.24) is 4.98 Å². The summed E-state index contributed by atoms with van der Waals surface area (Å²) in [6, 6.07) is 8.99. The maximum Gasteiger partial charge on any atom is 0.126 e. The van der Waals surface area contributed by atoms with Crippen molar-refractivity contribution in [3.8, 4) is 11.3 Å². The highest BCUT2D eigenvalue weighted by Crippen LogP contribution is 2.41. The topological polar surface area (TPSA) is 25.0 Å². The molecule has 1 aromatic heterocycles. The third kappa shape index (κ3) is 2.87. The number of halogens is 1. The minimum atomic E-state index is -0.157. The molecule has 4 rings (SSSR count). The van der Waals surface area contributed by atoms with E-state index in [0.717, 1.165) is 23.8 Å². The second-order valence-electron chi connectivity index (χ2n) is 5.24. The van der Waals surface area contributed by atoms with Crippen LogP contribution in [0.3, 0.4) is 0 Å². The van der Waals surface area contributed by atoms with Gasteiger partial charge in [-0.2, -0.15) is 0 Å². The fourth-order valence-corrected chi connectivity index (χ4v) is 2.42. The molecule has 0 bridgehead atoms. The number of ether oxygens (including phenoxy) is 1. The van der Waals surface area contributed by atoms with Crippen LogP contribution in [0.4, 0.5) is 4.39 Å². The summed E-state index contributed by atoms with van der Waals surface area (Å²) in [7, 11) is 0. The highest BCUT2D eigenvalue weighted by Gasteiger charge is 2.42. The van der Waals surface area contributed by atoms with Gasteiger partial charge >= 0.3 is 0 Å². The van der Waals surface area contributed by atoms with E-state index in [1.54, 1.807) is 13.0 Å². The lowest BCUT2D eigenvalue weighted by molar-refractivity contribution is 0.156. The van der Waals surface area contributed by atoms with Gasteiger partial charge in [-0.1, -0.05) is 0 Å². The summed E-state index contributed by atoms with van der Waals surface area (Å²) in [5.74, 6) is 0.834. The summed E-state index contributed by atoms with van der Waals surface area (Å²) >= 11 is 0. The summed E-state index contributed by atoms with van der Waals surface area (Å²) in [4.78, 5) is 3.08. The number of aromatic nitrogens is 1. The number of fused-ring (bicyclic) bond motifs is 1. The molecule has 1 N–H and O–H groups in total. The molecule has 1 saturated heterocycles. The van der Waals surface area contributed by atoms with Crippen LogP contribution < -0.4 is 0 Å². The molecule has 2 unspecified atom stereocenters. The molecule has 2 aliphatic rings. The molecule has 2 nitrogen and oxygen atoms in total. The third-order valence-electron chi connectivity index (χ3n) is 3.75. The first-order valence-corrected chi connectivity index (χ1v) is 6.75. The van der Waals surface area contributed by atoms with E-state index in [-0.39, 0.29) is 5.82 Å². The lowest BCUT2D eigenvalue weighted by Crippen LogP contribution is -1.84. The van der Waals surface area contributed by atoms with E-state index in [9.17, 15) is 4.39 Å². The second kappa shape index (κ2) is 5.17. The number of H-pyrrole nitrogens is 1. The summed E-state index contributed by atoms with van der Waals surface area (Å²) in [6.07, 6.45) is 5.27. The van der Waals surface area contributed by atoms with Crippen molar-refractivity contribution >= 4 is 0 Å². The van der Waals surface area contributed by atoms with Crippen LogP contribution in [0.2, 0.25) is 0 Å². The first kappa shape index (κ1) is 12.4. The zero-order chi connectivity index (χ0) is 13.2. The van der Waals surface area contributed by atoms with Gasteiger partial charge in [0.25, 0.3) is 0 Å². The average Bonchev–Trinajstić information content (AvgIpc) is 2.88. The number of aromatic amines is 1. The molecule has 0 spiro atoms. The number of benzene rings is 1. The van der Waals surface area contributed by atoms with Gasteiger partial charge in [0.05, 0.1) is 6.10 Å². The first-order valence-electron chi connectivity index (χ1n) is 6.75. The number of hydrogen-bond donors (Lipinski definition) is 1. The zero-order valence-corrected chi connectivity index (χ0v) is 11.0. The van der Waals surface area contributed by atoms with Crippen LogP contribution in [0.25, 0.3) is 11.3 Å². The van der Waals surface area contributed by atoms with E-state index >= 15 is 0 Å². The van der Waals surface area contributed by atoms with E-state index in [2.05, 4.69) is 4.98 Å². The highest BCUT2D eigenvalue weighted by atomic mass is 19.1. The summed E-state index contributed by atoms with van der Waals surface area (Å²) in [5.41, 5.74) is 2.71. The van der Waals surface area contributed by atoms with Crippen molar-refractivity contribution in [3.63, 3.8) is 0 Å². The highest BCUT2D eigenvalue weighted by molar-refractivity contribution is 5.60. The van der Waals surface area contributed by atoms with Gasteiger partial charge in [0.1, 0.15) is 5.82 Å². The van der Waals surface area contributed by atoms with Crippen molar-refractivity contribution in [1.29, 1.82) is 0 Å². The molecule has 2 atom stereocenters. The van der Waals surface area contributed by atoms with Crippen molar-refractivity contribution in [2.45, 2.75) is 25.9 Å². The molecule has 2 fully saturated rings. The Morgan fingerprint density at radius 3 is 2.68 bits per heavy atom. The molecule has 2 aromatic rings. The molecule has 1 saturated carbocycles. The predicted octanol–water partition coefficient (Wildman–Crippen LogP) is 3.92. The van der Waals surface area contributed by atoms with Crippen LogP contribution >= 0.6 is 0 Å². The molecule has 1 aromatic carbocycles. The van der Waals surface area contributed by atoms with Crippen molar-refractivity contribution in [2.24, 2.45) is 5.92 Å². The standard InChI is InChI=1S/C11H10FN.C5H8O/c1-8-7-9(4-5-10(8)12)11-3-2-6-13-11;1-2-6-5-3-4(1)5/h2-7,13H,1H3;4-5H,1-3H2. The smallest absolute Gasteiger partial charge is 0.126 e. The van der Waals surface area contributed by atoms with E-state index in [1.807, 2.05) is 24.4 Å². The Bertz CT molecular complexity index is 542. The molecular formula is C16H18FNO. The molecule has 0 amide bonds. The zero-order valence-electron chi connectivity index (χ0n) is 11.0. The SMILES string of the molecule is C1CC2CC2O1.Cc1cc(-c2ccc[nH]2)ccc1F. The van der Waals surface area contributed by atoms with Crippen molar-refractivity contribution < 1.29 is 9.13 Å². The van der Waals surface area contributed by atoms with Crippen LogP contribution in [0, 0.1) is 18.7 Å². The molecule has 3 heteroatoms. The average molecular weight is 259 g/mol. The van der Waals surface area contributed by atoms with Crippen molar-refractivity contribution in [3.05, 3.63) is 47.9 Å². The van der Waals surface area contributed by atoms with Gasteiger partial charge in [-0.3, -0.25) is 0 Å². The van der Waals surface area contributed by atoms with Crippen LogP contribution in [0.5, 0.6) is 0 Å². The predicted molar refractivity (Wildman–Crippen MR) is 73.4 cm³/mol. The van der Waals surface area contributed by atoms with Gasteiger partial charge in [-0.25, -0.2) is 4.39 Å². The molecule has 1 aliphatic carbocycles. The van der Waals surface area contributed by atoms with Crippen LogP contribution in [-0.4, -0.2) is 17.7 Å². The maximum absolute atomic E-state index is 12.9. The Labute approximate surface area is 112 Å². The normalized spacial score (nSPS) is 23.5. The Hall–Kier alpha value is -1.61. The number of aryl methyl sites for hydroxylation is 1. The third-order valence-corrected chi connectivity index (χ3v) is 3.75. The molecule has 19 heavy (non-hydrogen) atoms. The first-order chi connectivity index (χ1) is 9.24. The molecule has 1 aliphatic heterocycles. The van der Waals surface area contributed by atoms with Crippen molar-refractivity contribution in [2.75, 3.05) is 6.61 Å². The largest absolute Gasteiger partial charge is 0.378 e. The summed E-state index contributed by atoms with van der Waals surface area (Å²) < 4.78 is 18.2. The summed E-state index contributed by atoms with van der Waals surface area (Å²) in [6.45, 7) is 2.80. The Morgan fingerprint density at radius 2 is 2.21 bits per heavy atom. The van der Waals surface area contributed by atoms with Gasteiger partial charge in [0, 0.05) is 18.5 Å². The van der Waals surface area contributed by atoms with Gasteiger partial charge in [-0.05, 0) is 67.1 Å². The minimum Gasteiger partial charge on any atom is -0.378 e. The van der Waals surface area contributed by atoms with E-state index < -0.39 is 0 Å². The lowest BCUT2D eigenvalue weighted by Gasteiger charge is -2.00. The number of hydrogen-bond acceptors (Lipinski definition) is 1. The maximum atomic E-state index is 12.9. The quantitative estimate of drug-likeness (QED) is 0.824. The summed E-state index contributed by atoms with van der Waals surface area (Å²) in [5, 5.41) is 0. The second-order valence-corrected chi connectivity index (χ2v) is 5.24. The lowest BCUT2D eigenvalue weighted by atomic mass is 10.1. The minimum absolute atomic E-state index is 0.157. The molecule has 2 heterocycles. The fraction of sp³-hybridized carbons (Fsp3) is 0.375. The van der Waals surface area contributed by atoms with E-state index in [1.165, 1.54) is 18.9 Å². The fourth-order valence-electron chi connectivity index (χ4n) is 2.42. The van der Waals surface area contributed by atoms with Gasteiger partial charge in [0.15, 0.2) is 0 Å².